The summed E-state index contributed by atoms with van der Waals surface area (Å²) in [5, 5.41) is 0. The van der Waals surface area contributed by atoms with Crippen LogP contribution in [0.25, 0.3) is 0 Å². The number of nitrogens with zero attached hydrogens (tertiary/aromatic N) is 1. The summed E-state index contributed by atoms with van der Waals surface area (Å²) < 4.78 is 7.19. The minimum Gasteiger partial charge on any atom is -0.461 e. The van der Waals surface area contributed by atoms with Gasteiger partial charge in [-0.3, -0.25) is 0 Å². The molecule has 4 heteroatoms. The molecule has 0 unspecified atom stereocenters. The van der Waals surface area contributed by atoms with Crippen molar-refractivity contribution < 1.29 is 9.53 Å². The maximum absolute atomic E-state index is 11.9. The second-order valence-corrected chi connectivity index (χ2v) is 4.75. The Morgan fingerprint density at radius 2 is 2.35 bits per heavy atom. The van der Waals surface area contributed by atoms with Gasteiger partial charge in [0.2, 0.25) is 0 Å². The predicted octanol–water partition coefficient (Wildman–Crippen LogP) is 2.44. The summed E-state index contributed by atoms with van der Waals surface area (Å²) >= 11 is 0. The van der Waals surface area contributed by atoms with Crippen LogP contribution in [0.3, 0.4) is 0 Å². The molecule has 0 bridgehead atoms. The van der Waals surface area contributed by atoms with E-state index < -0.39 is 0 Å². The van der Waals surface area contributed by atoms with Gasteiger partial charge in [-0.15, -0.1) is 0 Å². The Morgan fingerprint density at radius 3 is 2.94 bits per heavy atom. The molecule has 2 N–H and O–H groups in total. The van der Waals surface area contributed by atoms with Crippen molar-refractivity contribution in [2.45, 2.75) is 39.2 Å². The van der Waals surface area contributed by atoms with Gasteiger partial charge in [-0.25, -0.2) is 4.79 Å². The van der Waals surface area contributed by atoms with Gasteiger partial charge in [0.25, 0.3) is 0 Å². The first-order valence-corrected chi connectivity index (χ1v) is 6.33. The van der Waals surface area contributed by atoms with Gasteiger partial charge < -0.3 is 15.0 Å². The monoisotopic (exact) mass is 236 g/mol. The van der Waals surface area contributed by atoms with Crippen LogP contribution in [0.15, 0.2) is 12.3 Å². The molecular formula is C13H20N2O2. The van der Waals surface area contributed by atoms with E-state index >= 15 is 0 Å². The van der Waals surface area contributed by atoms with Crippen LogP contribution in [0, 0.1) is 5.92 Å². The standard InChI is InChI=1S/C13H20N2O2/c1-2-6-15-8-11(14)7-12(15)13(16)17-9-10-4-3-5-10/h7-8,10H,2-6,9,14H2,1H3. The predicted molar refractivity (Wildman–Crippen MR) is 66.8 cm³/mol. The molecule has 1 saturated carbocycles. The molecule has 2 rings (SSSR count). The molecule has 0 radical (unpaired) electrons. The largest absolute Gasteiger partial charge is 0.461 e. The molecule has 1 aliphatic rings. The number of rotatable bonds is 5. The molecule has 4 nitrogen and oxygen atoms in total. The number of carbonyl (C=O) groups is 1. The summed E-state index contributed by atoms with van der Waals surface area (Å²) in [5.41, 5.74) is 6.90. The molecule has 17 heavy (non-hydrogen) atoms. The van der Waals surface area contributed by atoms with Crippen molar-refractivity contribution in [2.75, 3.05) is 12.3 Å². The summed E-state index contributed by atoms with van der Waals surface area (Å²) in [6.07, 6.45) is 6.40. The molecule has 0 aromatic carbocycles. The van der Waals surface area contributed by atoms with Crippen molar-refractivity contribution in [2.24, 2.45) is 5.92 Å². The van der Waals surface area contributed by atoms with Gasteiger partial charge in [0.15, 0.2) is 0 Å². The van der Waals surface area contributed by atoms with E-state index in [1.165, 1.54) is 19.3 Å². The van der Waals surface area contributed by atoms with Crippen molar-refractivity contribution in [3.05, 3.63) is 18.0 Å². The second kappa shape index (κ2) is 5.25. The third kappa shape index (κ3) is 2.81. The third-order valence-electron chi connectivity index (χ3n) is 3.27. The van der Waals surface area contributed by atoms with Crippen LogP contribution in [0.1, 0.15) is 43.1 Å². The zero-order chi connectivity index (χ0) is 12.3. The maximum Gasteiger partial charge on any atom is 0.355 e. The Labute approximate surface area is 102 Å². The Balaban J connectivity index is 1.96. The van der Waals surface area contributed by atoms with Crippen LogP contribution in [-0.2, 0) is 11.3 Å². The van der Waals surface area contributed by atoms with E-state index in [2.05, 4.69) is 6.92 Å². The highest BCUT2D eigenvalue weighted by molar-refractivity contribution is 5.89. The lowest BCUT2D eigenvalue weighted by Crippen LogP contribution is -2.21. The molecule has 0 saturated heterocycles. The minimum atomic E-state index is -0.248. The first-order valence-electron chi connectivity index (χ1n) is 6.33. The van der Waals surface area contributed by atoms with E-state index in [0.717, 1.165) is 13.0 Å². The fourth-order valence-electron chi connectivity index (χ4n) is 2.06. The maximum atomic E-state index is 11.9. The van der Waals surface area contributed by atoms with Gasteiger partial charge >= 0.3 is 5.97 Å². The van der Waals surface area contributed by atoms with Crippen molar-refractivity contribution in [1.29, 1.82) is 0 Å². The Hall–Kier alpha value is -1.45. The van der Waals surface area contributed by atoms with E-state index in [-0.39, 0.29) is 5.97 Å². The number of carbonyl (C=O) groups excluding carboxylic acids is 1. The lowest BCUT2D eigenvalue weighted by Gasteiger charge is -2.24. The van der Waals surface area contributed by atoms with Crippen molar-refractivity contribution in [3.63, 3.8) is 0 Å². The highest BCUT2D eigenvalue weighted by atomic mass is 16.5. The summed E-state index contributed by atoms with van der Waals surface area (Å²) in [4.78, 5) is 11.9. The SMILES string of the molecule is CCCn1cc(N)cc1C(=O)OCC1CCC1. The molecule has 1 aromatic heterocycles. The number of nitrogens with two attached hydrogens (primary N) is 1. The molecule has 1 aromatic rings. The topological polar surface area (TPSA) is 57.2 Å². The van der Waals surface area contributed by atoms with E-state index in [1.54, 1.807) is 12.3 Å². The van der Waals surface area contributed by atoms with Gasteiger partial charge in [-0.2, -0.15) is 0 Å². The average Bonchev–Trinajstić information content (AvgIpc) is 2.58. The molecular weight excluding hydrogens is 216 g/mol. The number of hydrogen-bond donors (Lipinski definition) is 1. The van der Waals surface area contributed by atoms with E-state index in [4.69, 9.17) is 10.5 Å². The van der Waals surface area contributed by atoms with Gasteiger partial charge in [0.05, 0.1) is 12.3 Å². The minimum absolute atomic E-state index is 0.248. The van der Waals surface area contributed by atoms with Crippen LogP contribution < -0.4 is 5.73 Å². The van der Waals surface area contributed by atoms with Crippen LogP contribution in [0.5, 0.6) is 0 Å². The van der Waals surface area contributed by atoms with Crippen LogP contribution in [0.2, 0.25) is 0 Å². The molecule has 0 aliphatic heterocycles. The molecule has 0 atom stereocenters. The van der Waals surface area contributed by atoms with Crippen LogP contribution in [-0.4, -0.2) is 17.1 Å². The lowest BCUT2D eigenvalue weighted by molar-refractivity contribution is 0.0359. The number of hydrogen-bond acceptors (Lipinski definition) is 3. The summed E-state index contributed by atoms with van der Waals surface area (Å²) in [6.45, 7) is 3.42. The quantitative estimate of drug-likeness (QED) is 0.799. The van der Waals surface area contributed by atoms with Gasteiger partial charge in [0, 0.05) is 12.7 Å². The summed E-state index contributed by atoms with van der Waals surface area (Å²) in [5.74, 6) is 0.327. The highest BCUT2D eigenvalue weighted by Crippen LogP contribution is 2.26. The first-order chi connectivity index (χ1) is 8.20. The molecule has 0 amide bonds. The molecule has 1 heterocycles. The Kier molecular flexibility index (Phi) is 3.71. The molecule has 1 aliphatic carbocycles. The zero-order valence-corrected chi connectivity index (χ0v) is 10.3. The number of aromatic nitrogens is 1. The normalized spacial score (nSPS) is 15.6. The number of nitrogen functional groups attached to an aromatic ring is 1. The highest BCUT2D eigenvalue weighted by Gasteiger charge is 2.21. The number of ether oxygens (including phenoxy) is 1. The fourth-order valence-corrected chi connectivity index (χ4v) is 2.06. The van der Waals surface area contributed by atoms with Gasteiger partial charge in [0.1, 0.15) is 5.69 Å². The van der Waals surface area contributed by atoms with Gasteiger partial charge in [-0.1, -0.05) is 13.3 Å². The molecule has 0 spiro atoms. The Morgan fingerprint density at radius 1 is 1.59 bits per heavy atom. The molecule has 94 valence electrons. The molecule has 1 fully saturated rings. The Bertz CT molecular complexity index is 394. The van der Waals surface area contributed by atoms with Crippen LogP contribution in [0.4, 0.5) is 5.69 Å². The zero-order valence-electron chi connectivity index (χ0n) is 10.3. The first kappa shape index (κ1) is 12.0. The van der Waals surface area contributed by atoms with Crippen LogP contribution >= 0.6 is 0 Å². The number of esters is 1. The average molecular weight is 236 g/mol. The third-order valence-corrected chi connectivity index (χ3v) is 3.27. The summed E-state index contributed by atoms with van der Waals surface area (Å²) in [6, 6.07) is 1.69. The number of anilines is 1. The number of aryl methyl sites for hydroxylation is 1. The lowest BCUT2D eigenvalue weighted by atomic mass is 9.86. The summed E-state index contributed by atoms with van der Waals surface area (Å²) in [7, 11) is 0. The van der Waals surface area contributed by atoms with E-state index in [0.29, 0.717) is 23.9 Å². The van der Waals surface area contributed by atoms with E-state index in [9.17, 15) is 4.79 Å². The van der Waals surface area contributed by atoms with E-state index in [1.807, 2.05) is 4.57 Å². The van der Waals surface area contributed by atoms with Crippen molar-refractivity contribution in [3.8, 4) is 0 Å². The fraction of sp³-hybridized carbons (Fsp3) is 0.615. The van der Waals surface area contributed by atoms with Gasteiger partial charge in [-0.05, 0) is 31.2 Å². The second-order valence-electron chi connectivity index (χ2n) is 4.75. The smallest absolute Gasteiger partial charge is 0.355 e. The van der Waals surface area contributed by atoms with Crippen molar-refractivity contribution in [1.82, 2.24) is 4.57 Å². The van der Waals surface area contributed by atoms with Crippen molar-refractivity contribution >= 4 is 11.7 Å².